The highest BCUT2D eigenvalue weighted by molar-refractivity contribution is 6.05. The van der Waals surface area contributed by atoms with Crippen LogP contribution < -0.4 is 5.32 Å². The van der Waals surface area contributed by atoms with Gasteiger partial charge in [-0.2, -0.15) is 0 Å². The first-order valence-electron chi connectivity index (χ1n) is 7.97. The number of fused-ring (bicyclic) bond motifs is 1. The zero-order chi connectivity index (χ0) is 18.8. The first-order valence-corrected chi connectivity index (χ1v) is 7.97. The number of nitrogens with one attached hydrogen (secondary N) is 1. The molecule has 0 bridgehead atoms. The second-order valence-electron chi connectivity index (χ2n) is 5.70. The summed E-state index contributed by atoms with van der Waals surface area (Å²) in [7, 11) is 0. The molecule has 4 aromatic rings. The number of hydrogen-bond donors (Lipinski definition) is 1. The first kappa shape index (κ1) is 16.4. The number of benzene rings is 2. The average molecular weight is 360 g/mol. The fourth-order valence-electron chi connectivity index (χ4n) is 2.59. The molecule has 0 atom stereocenters. The highest BCUT2D eigenvalue weighted by Crippen LogP contribution is 2.26. The van der Waals surface area contributed by atoms with Crippen molar-refractivity contribution in [2.45, 2.75) is 0 Å². The molecule has 0 saturated carbocycles. The monoisotopic (exact) mass is 360 g/mol. The standard InChI is InChI=1S/C19H12N4O4/c24-18(13-2-1-3-15(10-13)23(25)26)21-14-4-5-17-16(11-14)22-19(27-17)12-6-8-20-9-7-12/h1-11H,(H,21,24). The van der Waals surface area contributed by atoms with Crippen LogP contribution in [-0.2, 0) is 0 Å². The molecule has 1 amide bonds. The molecule has 1 N–H and O–H groups in total. The third kappa shape index (κ3) is 3.36. The molecule has 132 valence electrons. The van der Waals surface area contributed by atoms with Crippen LogP contribution in [0.3, 0.4) is 0 Å². The number of oxazole rings is 1. The van der Waals surface area contributed by atoms with E-state index in [1.807, 2.05) is 0 Å². The number of amides is 1. The fraction of sp³-hybridized carbons (Fsp3) is 0. The van der Waals surface area contributed by atoms with Crippen LogP contribution in [0.4, 0.5) is 11.4 Å². The van der Waals surface area contributed by atoms with Gasteiger partial charge in [0.25, 0.3) is 11.6 Å². The van der Waals surface area contributed by atoms with Crippen molar-refractivity contribution >= 4 is 28.4 Å². The van der Waals surface area contributed by atoms with Crippen molar-refractivity contribution in [3.63, 3.8) is 0 Å². The Morgan fingerprint density at radius 2 is 1.89 bits per heavy atom. The van der Waals surface area contributed by atoms with Gasteiger partial charge in [0, 0.05) is 41.3 Å². The van der Waals surface area contributed by atoms with Crippen molar-refractivity contribution in [3.8, 4) is 11.5 Å². The molecule has 0 aliphatic heterocycles. The second-order valence-corrected chi connectivity index (χ2v) is 5.70. The summed E-state index contributed by atoms with van der Waals surface area (Å²) in [5.74, 6) is 0.00506. The number of carbonyl (C=O) groups excluding carboxylic acids is 1. The van der Waals surface area contributed by atoms with Crippen LogP contribution >= 0.6 is 0 Å². The molecule has 0 spiro atoms. The lowest BCUT2D eigenvalue weighted by atomic mass is 10.2. The third-order valence-electron chi connectivity index (χ3n) is 3.89. The van der Waals surface area contributed by atoms with E-state index >= 15 is 0 Å². The molecule has 8 heteroatoms. The van der Waals surface area contributed by atoms with E-state index in [4.69, 9.17) is 4.42 Å². The number of carbonyl (C=O) groups is 1. The molecule has 4 rings (SSSR count). The molecular formula is C19H12N4O4. The quantitative estimate of drug-likeness (QED) is 0.434. The van der Waals surface area contributed by atoms with Crippen LogP contribution in [0.25, 0.3) is 22.6 Å². The van der Waals surface area contributed by atoms with E-state index in [1.54, 1.807) is 42.7 Å². The Bertz CT molecular complexity index is 1150. The maximum Gasteiger partial charge on any atom is 0.270 e. The normalized spacial score (nSPS) is 10.7. The van der Waals surface area contributed by atoms with Crippen molar-refractivity contribution in [3.05, 3.63) is 82.7 Å². The Hall–Kier alpha value is -4.07. The summed E-state index contributed by atoms with van der Waals surface area (Å²) in [5, 5.41) is 13.6. The van der Waals surface area contributed by atoms with Crippen LogP contribution in [0, 0.1) is 10.1 Å². The number of nitro groups is 1. The van der Waals surface area contributed by atoms with Crippen molar-refractivity contribution in [1.29, 1.82) is 0 Å². The minimum absolute atomic E-state index is 0.142. The molecule has 27 heavy (non-hydrogen) atoms. The Morgan fingerprint density at radius 1 is 1.07 bits per heavy atom. The molecule has 0 aliphatic carbocycles. The average Bonchev–Trinajstić information content (AvgIpc) is 3.12. The van der Waals surface area contributed by atoms with Crippen LogP contribution in [0.5, 0.6) is 0 Å². The molecule has 0 saturated heterocycles. The van der Waals surface area contributed by atoms with E-state index in [0.29, 0.717) is 22.7 Å². The van der Waals surface area contributed by atoms with Gasteiger partial charge in [-0.15, -0.1) is 0 Å². The minimum atomic E-state index is -0.543. The summed E-state index contributed by atoms with van der Waals surface area (Å²) >= 11 is 0. The van der Waals surface area contributed by atoms with Gasteiger partial charge in [0.1, 0.15) is 5.52 Å². The number of hydrogen-bond acceptors (Lipinski definition) is 6. The van der Waals surface area contributed by atoms with Gasteiger partial charge >= 0.3 is 0 Å². The van der Waals surface area contributed by atoms with Crippen molar-refractivity contribution in [2.24, 2.45) is 0 Å². The molecule has 2 aromatic carbocycles. The number of pyridine rings is 1. The van der Waals surface area contributed by atoms with E-state index in [0.717, 1.165) is 5.56 Å². The van der Waals surface area contributed by atoms with Crippen molar-refractivity contribution < 1.29 is 14.1 Å². The van der Waals surface area contributed by atoms with Crippen LogP contribution in [-0.4, -0.2) is 20.8 Å². The first-order chi connectivity index (χ1) is 13.1. The van der Waals surface area contributed by atoms with E-state index in [-0.39, 0.29) is 11.3 Å². The lowest BCUT2D eigenvalue weighted by Gasteiger charge is -2.04. The maximum absolute atomic E-state index is 12.4. The second kappa shape index (κ2) is 6.68. The molecule has 0 aliphatic rings. The predicted octanol–water partition coefficient (Wildman–Crippen LogP) is 4.05. The van der Waals surface area contributed by atoms with Gasteiger partial charge in [-0.1, -0.05) is 6.07 Å². The van der Waals surface area contributed by atoms with Gasteiger partial charge in [-0.3, -0.25) is 19.9 Å². The van der Waals surface area contributed by atoms with E-state index < -0.39 is 10.8 Å². The highest BCUT2D eigenvalue weighted by atomic mass is 16.6. The fourth-order valence-corrected chi connectivity index (χ4v) is 2.59. The van der Waals surface area contributed by atoms with E-state index in [9.17, 15) is 14.9 Å². The van der Waals surface area contributed by atoms with Crippen molar-refractivity contribution in [1.82, 2.24) is 9.97 Å². The number of anilines is 1. The lowest BCUT2D eigenvalue weighted by molar-refractivity contribution is -0.384. The zero-order valence-electron chi connectivity index (χ0n) is 13.8. The number of rotatable bonds is 4. The smallest absolute Gasteiger partial charge is 0.270 e. The largest absolute Gasteiger partial charge is 0.436 e. The van der Waals surface area contributed by atoms with Crippen LogP contribution in [0.1, 0.15) is 10.4 Å². The number of aromatic nitrogens is 2. The van der Waals surface area contributed by atoms with Gasteiger partial charge in [0.15, 0.2) is 5.58 Å². The summed E-state index contributed by atoms with van der Waals surface area (Å²) in [4.78, 5) is 31.1. The lowest BCUT2D eigenvalue weighted by Crippen LogP contribution is -2.12. The Kier molecular flexibility index (Phi) is 4.06. The molecule has 0 radical (unpaired) electrons. The van der Waals surface area contributed by atoms with Crippen molar-refractivity contribution in [2.75, 3.05) is 5.32 Å². The Balaban J connectivity index is 1.60. The summed E-state index contributed by atoms with van der Waals surface area (Å²) < 4.78 is 5.71. The van der Waals surface area contributed by atoms with E-state index in [2.05, 4.69) is 15.3 Å². The predicted molar refractivity (Wildman–Crippen MR) is 98.3 cm³/mol. The van der Waals surface area contributed by atoms with Gasteiger partial charge in [0.05, 0.1) is 4.92 Å². The summed E-state index contributed by atoms with van der Waals surface area (Å²) in [6.45, 7) is 0. The highest BCUT2D eigenvalue weighted by Gasteiger charge is 2.13. The van der Waals surface area contributed by atoms with Gasteiger partial charge < -0.3 is 9.73 Å². The number of nitrogens with zero attached hydrogens (tertiary/aromatic N) is 3. The third-order valence-corrected chi connectivity index (χ3v) is 3.89. The van der Waals surface area contributed by atoms with Gasteiger partial charge in [-0.25, -0.2) is 4.98 Å². The summed E-state index contributed by atoms with van der Waals surface area (Å²) in [6, 6.07) is 14.2. The van der Waals surface area contributed by atoms with Crippen LogP contribution in [0.2, 0.25) is 0 Å². The van der Waals surface area contributed by atoms with Gasteiger partial charge in [-0.05, 0) is 36.4 Å². The number of nitro benzene ring substituents is 1. The SMILES string of the molecule is O=C(Nc1ccc2oc(-c3ccncc3)nc2c1)c1cccc([N+](=O)[O-])c1. The Morgan fingerprint density at radius 3 is 2.67 bits per heavy atom. The van der Waals surface area contributed by atoms with Gasteiger partial charge in [0.2, 0.25) is 5.89 Å². The molecule has 2 heterocycles. The molecule has 8 nitrogen and oxygen atoms in total. The molecule has 2 aromatic heterocycles. The zero-order valence-corrected chi connectivity index (χ0v) is 13.8. The van der Waals surface area contributed by atoms with E-state index in [1.165, 1.54) is 24.3 Å². The maximum atomic E-state index is 12.4. The number of non-ortho nitro benzene ring substituents is 1. The Labute approximate surface area is 152 Å². The molecule has 0 fully saturated rings. The molecule has 0 unspecified atom stereocenters. The van der Waals surface area contributed by atoms with Crippen LogP contribution in [0.15, 0.2) is 71.4 Å². The molecular weight excluding hydrogens is 348 g/mol. The summed E-state index contributed by atoms with van der Waals surface area (Å²) in [6.07, 6.45) is 3.30. The topological polar surface area (TPSA) is 111 Å². The summed E-state index contributed by atoms with van der Waals surface area (Å²) in [5.41, 5.74) is 2.52. The minimum Gasteiger partial charge on any atom is -0.436 e.